The highest BCUT2D eigenvalue weighted by Gasteiger charge is 2.43. The minimum absolute atomic E-state index is 0.558. The van der Waals surface area contributed by atoms with Crippen LogP contribution in [0.1, 0.15) is 30.9 Å². The standard InChI is InChI=1S/C13H15BrO2/c1-2-5-13(12(15)16)7-9-3-4-11(14)6-10(9)8-13/h3-4,6H,2,5,7-8H2,1H3,(H,15,16). The number of halogens is 1. The summed E-state index contributed by atoms with van der Waals surface area (Å²) < 4.78 is 1.03. The first kappa shape index (κ1) is 11.6. The van der Waals surface area contributed by atoms with E-state index in [-0.39, 0.29) is 0 Å². The Kier molecular flexibility index (Phi) is 3.06. The third-order valence-electron chi connectivity index (χ3n) is 3.41. The van der Waals surface area contributed by atoms with Gasteiger partial charge < -0.3 is 5.11 Å². The summed E-state index contributed by atoms with van der Waals surface area (Å²) in [6.07, 6.45) is 3.03. The molecule has 1 aromatic carbocycles. The van der Waals surface area contributed by atoms with E-state index < -0.39 is 11.4 Å². The average Bonchev–Trinajstić information content (AvgIpc) is 2.57. The van der Waals surface area contributed by atoms with Gasteiger partial charge in [-0.1, -0.05) is 35.3 Å². The van der Waals surface area contributed by atoms with Crippen molar-refractivity contribution >= 4 is 21.9 Å². The quantitative estimate of drug-likeness (QED) is 0.922. The zero-order valence-corrected chi connectivity index (χ0v) is 10.9. The normalized spacial score (nSPS) is 23.1. The Morgan fingerprint density at radius 2 is 2.12 bits per heavy atom. The predicted octanol–water partition coefficient (Wildman–Crippen LogP) is 3.42. The Balaban J connectivity index is 2.34. The van der Waals surface area contributed by atoms with Crippen molar-refractivity contribution in [1.29, 1.82) is 0 Å². The fraction of sp³-hybridized carbons (Fsp3) is 0.462. The van der Waals surface area contributed by atoms with E-state index in [9.17, 15) is 9.90 Å². The maximum absolute atomic E-state index is 11.5. The number of benzene rings is 1. The van der Waals surface area contributed by atoms with Gasteiger partial charge in [0.1, 0.15) is 0 Å². The zero-order chi connectivity index (χ0) is 11.8. The third kappa shape index (κ3) is 1.88. The van der Waals surface area contributed by atoms with Crippen LogP contribution < -0.4 is 0 Å². The number of rotatable bonds is 3. The summed E-state index contributed by atoms with van der Waals surface area (Å²) in [7, 11) is 0. The molecule has 0 heterocycles. The minimum atomic E-state index is -0.651. The van der Waals surface area contributed by atoms with E-state index in [2.05, 4.69) is 22.0 Å². The van der Waals surface area contributed by atoms with Crippen molar-refractivity contribution in [3.05, 3.63) is 33.8 Å². The van der Waals surface area contributed by atoms with Crippen LogP contribution in [0.5, 0.6) is 0 Å². The first-order valence-corrected chi connectivity index (χ1v) is 6.37. The van der Waals surface area contributed by atoms with Gasteiger partial charge in [0.15, 0.2) is 0 Å². The lowest BCUT2D eigenvalue weighted by Gasteiger charge is -2.22. The molecular weight excluding hydrogens is 268 g/mol. The zero-order valence-electron chi connectivity index (χ0n) is 9.29. The first-order valence-electron chi connectivity index (χ1n) is 5.58. The van der Waals surface area contributed by atoms with Crippen LogP contribution in [-0.4, -0.2) is 11.1 Å². The molecule has 1 N–H and O–H groups in total. The lowest BCUT2D eigenvalue weighted by Crippen LogP contribution is -2.31. The molecule has 1 atom stereocenters. The molecule has 0 fully saturated rings. The molecule has 0 aromatic heterocycles. The summed E-state index contributed by atoms with van der Waals surface area (Å²) >= 11 is 3.43. The second kappa shape index (κ2) is 4.21. The molecule has 2 rings (SSSR count). The number of carboxylic acid groups (broad SMARTS) is 1. The molecule has 2 nitrogen and oxygen atoms in total. The van der Waals surface area contributed by atoms with Crippen molar-refractivity contribution in [3.8, 4) is 0 Å². The number of hydrogen-bond donors (Lipinski definition) is 1. The second-order valence-electron chi connectivity index (χ2n) is 4.60. The highest BCUT2D eigenvalue weighted by molar-refractivity contribution is 9.10. The molecule has 86 valence electrons. The molecule has 0 aliphatic heterocycles. The second-order valence-corrected chi connectivity index (χ2v) is 5.52. The van der Waals surface area contributed by atoms with Crippen molar-refractivity contribution in [2.45, 2.75) is 32.6 Å². The Morgan fingerprint density at radius 1 is 1.44 bits per heavy atom. The number of carbonyl (C=O) groups is 1. The Bertz CT molecular complexity index is 428. The van der Waals surface area contributed by atoms with Gasteiger partial charge in [0.25, 0.3) is 0 Å². The van der Waals surface area contributed by atoms with E-state index in [0.29, 0.717) is 12.8 Å². The predicted molar refractivity (Wildman–Crippen MR) is 66.5 cm³/mol. The van der Waals surface area contributed by atoms with Crippen LogP contribution in [0.15, 0.2) is 22.7 Å². The molecule has 1 aromatic rings. The minimum Gasteiger partial charge on any atom is -0.481 e. The molecule has 0 radical (unpaired) electrons. The van der Waals surface area contributed by atoms with E-state index in [1.54, 1.807) is 0 Å². The van der Waals surface area contributed by atoms with Gasteiger partial charge in [0.05, 0.1) is 5.41 Å². The van der Waals surface area contributed by atoms with E-state index in [0.717, 1.165) is 17.3 Å². The summed E-state index contributed by atoms with van der Waals surface area (Å²) in [6, 6.07) is 6.08. The van der Waals surface area contributed by atoms with Crippen LogP contribution in [0.25, 0.3) is 0 Å². The fourth-order valence-corrected chi connectivity index (χ4v) is 3.05. The van der Waals surface area contributed by atoms with Gasteiger partial charge in [0, 0.05) is 4.47 Å². The average molecular weight is 283 g/mol. The highest BCUT2D eigenvalue weighted by Crippen LogP contribution is 2.41. The topological polar surface area (TPSA) is 37.3 Å². The molecule has 0 bridgehead atoms. The van der Waals surface area contributed by atoms with Crippen molar-refractivity contribution in [1.82, 2.24) is 0 Å². The number of fused-ring (bicyclic) bond motifs is 1. The SMILES string of the molecule is CCCC1(C(=O)O)Cc2ccc(Br)cc2C1. The van der Waals surface area contributed by atoms with Gasteiger partial charge in [-0.15, -0.1) is 0 Å². The number of aliphatic carboxylic acids is 1. The van der Waals surface area contributed by atoms with Crippen LogP contribution in [0.4, 0.5) is 0 Å². The van der Waals surface area contributed by atoms with Crippen molar-refractivity contribution < 1.29 is 9.90 Å². The van der Waals surface area contributed by atoms with Gasteiger partial charge >= 0.3 is 5.97 Å². The Labute approximate surface area is 104 Å². The summed E-state index contributed by atoms with van der Waals surface area (Å²) in [6.45, 7) is 2.05. The molecule has 1 aliphatic carbocycles. The van der Waals surface area contributed by atoms with E-state index in [4.69, 9.17) is 0 Å². The summed E-state index contributed by atoms with van der Waals surface area (Å²) in [5.74, 6) is -0.651. The first-order chi connectivity index (χ1) is 7.57. The van der Waals surface area contributed by atoms with Gasteiger partial charge in [0.2, 0.25) is 0 Å². The largest absolute Gasteiger partial charge is 0.481 e. The fourth-order valence-electron chi connectivity index (χ4n) is 2.64. The van der Waals surface area contributed by atoms with Gasteiger partial charge in [-0.05, 0) is 42.5 Å². The van der Waals surface area contributed by atoms with E-state index >= 15 is 0 Å². The molecule has 0 amide bonds. The molecule has 0 spiro atoms. The summed E-state index contributed by atoms with van der Waals surface area (Å²) in [4.78, 5) is 11.5. The smallest absolute Gasteiger partial charge is 0.310 e. The van der Waals surface area contributed by atoms with E-state index in [1.165, 1.54) is 11.1 Å². The van der Waals surface area contributed by atoms with Gasteiger partial charge in [-0.2, -0.15) is 0 Å². The molecule has 1 aliphatic rings. The maximum atomic E-state index is 11.5. The van der Waals surface area contributed by atoms with E-state index in [1.807, 2.05) is 19.1 Å². The van der Waals surface area contributed by atoms with Crippen LogP contribution in [0.2, 0.25) is 0 Å². The number of carboxylic acids is 1. The molecule has 1 unspecified atom stereocenters. The van der Waals surface area contributed by atoms with Gasteiger partial charge in [-0.25, -0.2) is 0 Å². The number of hydrogen-bond acceptors (Lipinski definition) is 1. The van der Waals surface area contributed by atoms with Crippen LogP contribution >= 0.6 is 15.9 Å². The third-order valence-corrected chi connectivity index (χ3v) is 3.90. The summed E-state index contributed by atoms with van der Waals surface area (Å²) in [5.41, 5.74) is 1.82. The molecule has 16 heavy (non-hydrogen) atoms. The summed E-state index contributed by atoms with van der Waals surface area (Å²) in [5, 5.41) is 9.42. The maximum Gasteiger partial charge on any atom is 0.310 e. The highest BCUT2D eigenvalue weighted by atomic mass is 79.9. The van der Waals surface area contributed by atoms with Crippen LogP contribution in [0.3, 0.4) is 0 Å². The van der Waals surface area contributed by atoms with Gasteiger partial charge in [-0.3, -0.25) is 4.79 Å². The molecule has 0 saturated carbocycles. The van der Waals surface area contributed by atoms with Crippen LogP contribution in [-0.2, 0) is 17.6 Å². The Hall–Kier alpha value is -0.830. The lowest BCUT2D eigenvalue weighted by molar-refractivity contribution is -0.148. The van der Waals surface area contributed by atoms with Crippen molar-refractivity contribution in [2.24, 2.45) is 5.41 Å². The Morgan fingerprint density at radius 3 is 2.75 bits per heavy atom. The molecular formula is C13H15BrO2. The monoisotopic (exact) mass is 282 g/mol. The van der Waals surface area contributed by atoms with Crippen LogP contribution in [0, 0.1) is 5.41 Å². The molecule has 3 heteroatoms. The van der Waals surface area contributed by atoms with Crippen molar-refractivity contribution in [2.75, 3.05) is 0 Å². The molecule has 0 saturated heterocycles. The lowest BCUT2D eigenvalue weighted by atomic mass is 9.80. The van der Waals surface area contributed by atoms with Crippen molar-refractivity contribution in [3.63, 3.8) is 0 Å².